The Morgan fingerprint density at radius 1 is 0.882 bits per heavy atom. The van der Waals surface area contributed by atoms with Crippen molar-refractivity contribution >= 4 is 60.5 Å². The Labute approximate surface area is 303 Å². The molecule has 1 heterocycles. The summed E-state index contributed by atoms with van der Waals surface area (Å²) >= 11 is 7.15. The van der Waals surface area contributed by atoms with Gasteiger partial charge < -0.3 is 4.90 Å². The molecule has 0 atom stereocenters. The first kappa shape index (κ1) is 35.0. The van der Waals surface area contributed by atoms with E-state index >= 15 is 0 Å². The van der Waals surface area contributed by atoms with Gasteiger partial charge >= 0.3 is 5.97 Å². The average Bonchev–Trinajstić information content (AvgIpc) is 3.42. The maximum atomic E-state index is 11.9. The molecule has 3 aliphatic rings. The van der Waals surface area contributed by atoms with Crippen molar-refractivity contribution in [3.8, 4) is 0 Å². The quantitative estimate of drug-likeness (QED) is 0.120. The van der Waals surface area contributed by atoms with Crippen LogP contribution in [0.2, 0.25) is 0 Å². The van der Waals surface area contributed by atoms with Gasteiger partial charge in [0.25, 0.3) is 10.1 Å². The molecule has 0 saturated carbocycles. The lowest BCUT2D eigenvalue weighted by Gasteiger charge is -2.25. The number of hydrogen-bond donors (Lipinski definition) is 2. The lowest BCUT2D eigenvalue weighted by atomic mass is 9.78. The summed E-state index contributed by atoms with van der Waals surface area (Å²) in [6.07, 6.45) is 11.4. The van der Waals surface area contributed by atoms with Gasteiger partial charge in [-0.2, -0.15) is 13.7 Å². The summed E-state index contributed by atoms with van der Waals surface area (Å²) in [4.78, 5) is 18.0. The van der Waals surface area contributed by atoms with Crippen LogP contribution in [0.15, 0.2) is 117 Å². The zero-order valence-electron chi connectivity index (χ0n) is 29.5. The second-order valence-corrected chi connectivity index (χ2v) is 16.5. The molecule has 7 nitrogen and oxygen atoms in total. The minimum Gasteiger partial charge on any atom is -0.347 e. The number of benzene rings is 4. The van der Waals surface area contributed by atoms with Crippen LogP contribution >= 0.6 is 11.6 Å². The van der Waals surface area contributed by atoms with Gasteiger partial charge in [0.2, 0.25) is 0 Å². The molecule has 0 aromatic heterocycles. The van der Waals surface area contributed by atoms with Gasteiger partial charge in [-0.15, -0.1) is 0 Å². The second-order valence-electron chi connectivity index (χ2n) is 14.7. The highest BCUT2D eigenvalue weighted by Gasteiger charge is 2.40. The minimum absolute atomic E-state index is 0.118. The fourth-order valence-corrected chi connectivity index (χ4v) is 9.37. The third-order valence-electron chi connectivity index (χ3n) is 11.0. The zero-order chi connectivity index (χ0) is 36.6. The molecule has 7 rings (SSSR count). The van der Waals surface area contributed by atoms with Crippen LogP contribution in [-0.4, -0.2) is 31.2 Å². The topological polar surface area (TPSA) is 104 Å². The van der Waals surface area contributed by atoms with Crippen molar-refractivity contribution in [2.75, 3.05) is 11.9 Å². The van der Waals surface area contributed by atoms with Crippen LogP contribution in [0.25, 0.3) is 27.1 Å². The van der Waals surface area contributed by atoms with Gasteiger partial charge in [0.15, 0.2) is 0 Å². The SMILES string of the molecule is CC1=C(/C=C/C2=C(Cl)C(=C/C=C3/N(C)c4ccc5cc(S(=O)(=O)O)ccc5c4C3(C)C)/CCC2)C(C)(C)c2c1ccc1cc(C(=O)OO)ccc21. The number of fused-ring (bicyclic) bond motifs is 6. The first-order chi connectivity index (χ1) is 24.0. The average molecular weight is 722 g/mol. The van der Waals surface area contributed by atoms with Crippen LogP contribution in [0, 0.1) is 0 Å². The molecular weight excluding hydrogens is 682 g/mol. The molecule has 4 aromatic carbocycles. The lowest BCUT2D eigenvalue weighted by molar-refractivity contribution is -0.182. The summed E-state index contributed by atoms with van der Waals surface area (Å²) in [5, 5.41) is 13.3. The molecule has 2 N–H and O–H groups in total. The van der Waals surface area contributed by atoms with Gasteiger partial charge in [0.1, 0.15) is 0 Å². The third kappa shape index (κ3) is 5.65. The van der Waals surface area contributed by atoms with E-state index in [9.17, 15) is 17.8 Å². The molecule has 0 bridgehead atoms. The van der Waals surface area contributed by atoms with E-state index in [1.807, 2.05) is 31.3 Å². The summed E-state index contributed by atoms with van der Waals surface area (Å²) < 4.78 is 33.2. The maximum absolute atomic E-state index is 11.9. The third-order valence-corrected chi connectivity index (χ3v) is 12.4. The van der Waals surface area contributed by atoms with Gasteiger partial charge in [0, 0.05) is 34.3 Å². The van der Waals surface area contributed by atoms with Crippen LogP contribution in [-0.2, 0) is 25.8 Å². The molecule has 4 aromatic rings. The van der Waals surface area contributed by atoms with E-state index in [1.165, 1.54) is 34.4 Å². The number of anilines is 1. The highest BCUT2D eigenvalue weighted by molar-refractivity contribution is 7.85. The normalized spacial score (nSPS) is 20.0. The number of hydrogen-bond acceptors (Lipinski definition) is 6. The Morgan fingerprint density at radius 3 is 2.29 bits per heavy atom. The number of rotatable bonds is 5. The highest BCUT2D eigenvalue weighted by Crippen LogP contribution is 2.51. The monoisotopic (exact) mass is 721 g/mol. The van der Waals surface area contributed by atoms with Crippen molar-refractivity contribution in [2.24, 2.45) is 0 Å². The standard InChI is InChI=1S/C42H40ClNO6S/c1-24-31-16-10-27-22-29(40(45)50-46)11-17-32(27)37(31)41(2,3)34(24)19-12-25-8-7-9-26(39(25)43)14-21-36-42(4,5)38-33-18-15-30(51(47,48)49)23-28(33)13-20-35(38)44(36)6/h10-23,46H,7-9H2,1-6H3,(H,47,48,49)/b19-12+,26-14+,36-21+. The fraction of sp³-hybridized carbons (Fsp3) is 0.262. The zero-order valence-corrected chi connectivity index (χ0v) is 31.0. The van der Waals surface area contributed by atoms with E-state index in [1.54, 1.807) is 18.2 Å². The van der Waals surface area contributed by atoms with Crippen molar-refractivity contribution in [2.45, 2.75) is 69.6 Å². The Morgan fingerprint density at radius 2 is 1.57 bits per heavy atom. The second kappa shape index (κ2) is 12.3. The summed E-state index contributed by atoms with van der Waals surface area (Å²) in [5.41, 5.74) is 9.84. The smallest absolute Gasteiger partial charge is 0.347 e. The number of likely N-dealkylation sites (N-methyl/N-ethyl adjacent to an activating group) is 1. The van der Waals surface area contributed by atoms with Gasteiger partial charge in [-0.05, 0) is 123 Å². The molecule has 0 amide bonds. The summed E-state index contributed by atoms with van der Waals surface area (Å²) in [7, 11) is -2.26. The van der Waals surface area contributed by atoms with Crippen LogP contribution in [0.1, 0.15) is 80.9 Å². The molecule has 0 unspecified atom stereocenters. The number of allylic oxidation sites excluding steroid dienone is 10. The first-order valence-corrected chi connectivity index (χ1v) is 18.8. The van der Waals surface area contributed by atoms with Crippen molar-refractivity contribution in [1.29, 1.82) is 0 Å². The first-order valence-electron chi connectivity index (χ1n) is 17.0. The Bertz CT molecular complexity index is 2460. The van der Waals surface area contributed by atoms with E-state index in [4.69, 9.17) is 16.9 Å². The van der Waals surface area contributed by atoms with Crippen molar-refractivity contribution in [1.82, 2.24) is 0 Å². The molecular formula is C42H40ClNO6S. The van der Waals surface area contributed by atoms with E-state index in [-0.39, 0.29) is 15.7 Å². The van der Waals surface area contributed by atoms with Crippen LogP contribution in [0.5, 0.6) is 0 Å². The Hall–Kier alpha value is -4.47. The van der Waals surface area contributed by atoms with Crippen LogP contribution in [0.4, 0.5) is 5.69 Å². The maximum Gasteiger partial charge on any atom is 0.372 e. The lowest BCUT2D eigenvalue weighted by Crippen LogP contribution is -2.22. The Balaban J connectivity index is 1.20. The summed E-state index contributed by atoms with van der Waals surface area (Å²) in [5.74, 6) is -0.784. The molecule has 51 heavy (non-hydrogen) atoms. The molecule has 0 radical (unpaired) electrons. The van der Waals surface area contributed by atoms with Crippen LogP contribution in [0.3, 0.4) is 0 Å². The van der Waals surface area contributed by atoms with E-state index in [0.717, 1.165) is 73.9 Å². The number of carbonyl (C=O) groups is 1. The molecule has 0 fully saturated rings. The van der Waals surface area contributed by atoms with Gasteiger partial charge in [-0.3, -0.25) is 9.44 Å². The highest BCUT2D eigenvalue weighted by atomic mass is 35.5. The van der Waals surface area contributed by atoms with E-state index in [2.05, 4.69) is 74.8 Å². The number of nitrogens with zero attached hydrogens (tertiary/aromatic N) is 1. The number of carbonyl (C=O) groups excluding carboxylic acids is 1. The predicted octanol–water partition coefficient (Wildman–Crippen LogP) is 10.4. The van der Waals surface area contributed by atoms with E-state index in [0.29, 0.717) is 5.56 Å². The minimum atomic E-state index is -4.31. The summed E-state index contributed by atoms with van der Waals surface area (Å²) in [6, 6.07) is 18.1. The van der Waals surface area contributed by atoms with Crippen LogP contribution < -0.4 is 4.90 Å². The van der Waals surface area contributed by atoms with Gasteiger partial charge in [-0.25, -0.2) is 4.79 Å². The van der Waals surface area contributed by atoms with E-state index < -0.39 is 16.1 Å². The molecule has 1 aliphatic heterocycles. The molecule has 0 saturated heterocycles. The summed E-state index contributed by atoms with van der Waals surface area (Å²) in [6.45, 7) is 10.9. The number of halogens is 1. The van der Waals surface area contributed by atoms with Crippen molar-refractivity contribution < 1.29 is 27.9 Å². The van der Waals surface area contributed by atoms with Gasteiger partial charge in [0.05, 0.1) is 10.5 Å². The fourth-order valence-electron chi connectivity index (χ4n) is 8.54. The Kier molecular flexibility index (Phi) is 8.46. The molecule has 2 aliphatic carbocycles. The van der Waals surface area contributed by atoms with Crippen molar-refractivity contribution in [3.63, 3.8) is 0 Å². The van der Waals surface area contributed by atoms with Gasteiger partial charge in [-0.1, -0.05) is 87.9 Å². The largest absolute Gasteiger partial charge is 0.372 e. The molecule has 262 valence electrons. The molecule has 9 heteroatoms. The predicted molar refractivity (Wildman–Crippen MR) is 205 cm³/mol. The van der Waals surface area contributed by atoms with Crippen molar-refractivity contribution in [3.05, 3.63) is 135 Å². The molecule has 0 spiro atoms.